The molecule has 2 fully saturated rings. The summed E-state index contributed by atoms with van der Waals surface area (Å²) in [7, 11) is -3.16. The minimum atomic E-state index is -3.16. The van der Waals surface area contributed by atoms with Gasteiger partial charge in [0.05, 0.1) is 5.25 Å². The lowest BCUT2D eigenvalue weighted by molar-refractivity contribution is 0.0981. The van der Waals surface area contributed by atoms with Crippen molar-refractivity contribution < 1.29 is 13.2 Å². The Labute approximate surface area is 105 Å². The molecule has 6 heteroatoms. The fourth-order valence-electron chi connectivity index (χ4n) is 2.34. The summed E-state index contributed by atoms with van der Waals surface area (Å²) in [5.41, 5.74) is 0. The van der Waals surface area contributed by atoms with Gasteiger partial charge in [-0.05, 0) is 25.7 Å². The maximum atomic E-state index is 12.1. The van der Waals surface area contributed by atoms with Crippen LogP contribution in [-0.4, -0.2) is 37.8 Å². The zero-order chi connectivity index (χ0) is 11.6. The fourth-order valence-corrected chi connectivity index (χ4v) is 4.95. The Morgan fingerprint density at radius 1 is 1.12 bits per heavy atom. The Hall–Kier alpha value is 0.350. The van der Waals surface area contributed by atoms with Crippen molar-refractivity contribution in [3.63, 3.8) is 0 Å². The van der Waals surface area contributed by atoms with Crippen LogP contribution in [0.15, 0.2) is 0 Å². The van der Waals surface area contributed by atoms with Gasteiger partial charge in [0.15, 0.2) is 0 Å². The third-order valence-electron chi connectivity index (χ3n) is 3.35. The molecule has 2 aliphatic rings. The van der Waals surface area contributed by atoms with Crippen LogP contribution in [0.3, 0.4) is 0 Å². The van der Waals surface area contributed by atoms with Crippen LogP contribution in [-0.2, 0) is 14.8 Å². The molecule has 2 rings (SSSR count). The molecule has 2 atom stereocenters. The number of hydrogen-bond donors (Lipinski definition) is 1. The molecule has 16 heavy (non-hydrogen) atoms. The second-order valence-corrected chi connectivity index (χ2v) is 7.70. The maximum absolute atomic E-state index is 12.1. The molecule has 2 unspecified atom stereocenters. The highest BCUT2D eigenvalue weighted by Gasteiger charge is 2.33. The van der Waals surface area contributed by atoms with Gasteiger partial charge < -0.3 is 4.74 Å². The lowest BCUT2D eigenvalue weighted by Crippen LogP contribution is -2.44. The van der Waals surface area contributed by atoms with Crippen molar-refractivity contribution in [3.8, 4) is 0 Å². The zero-order valence-corrected chi connectivity index (χ0v) is 11.6. The lowest BCUT2D eigenvalue weighted by Gasteiger charge is -2.25. The monoisotopic (exact) mass is 311 g/mol. The molecule has 1 saturated carbocycles. The molecule has 0 aromatic heterocycles. The molecular formula is C10H18BrNO3S. The molecule has 0 amide bonds. The van der Waals surface area contributed by atoms with Gasteiger partial charge in [-0.2, -0.15) is 0 Å². The maximum Gasteiger partial charge on any atom is 0.214 e. The largest absolute Gasteiger partial charge is 0.381 e. The predicted molar refractivity (Wildman–Crippen MR) is 66.3 cm³/mol. The van der Waals surface area contributed by atoms with E-state index in [4.69, 9.17) is 4.74 Å². The SMILES string of the molecule is O=S(=O)(NC1CCCC1Br)C1CCOCC1. The number of halogens is 1. The van der Waals surface area contributed by atoms with Crippen molar-refractivity contribution in [3.05, 3.63) is 0 Å². The first-order chi connectivity index (χ1) is 7.59. The Morgan fingerprint density at radius 3 is 2.38 bits per heavy atom. The first kappa shape index (κ1) is 12.8. The molecule has 4 nitrogen and oxygen atoms in total. The standard InChI is InChI=1S/C10H18BrNO3S/c11-9-2-1-3-10(9)12-16(13,14)8-4-6-15-7-5-8/h8-10,12H,1-7H2. The van der Waals surface area contributed by atoms with E-state index in [1.807, 2.05) is 0 Å². The first-order valence-corrected chi connectivity index (χ1v) is 8.29. The van der Waals surface area contributed by atoms with Crippen LogP contribution in [0.1, 0.15) is 32.1 Å². The average molecular weight is 312 g/mol. The summed E-state index contributed by atoms with van der Waals surface area (Å²) in [5.74, 6) is 0. The molecule has 0 aromatic carbocycles. The normalized spacial score (nSPS) is 33.1. The van der Waals surface area contributed by atoms with Crippen LogP contribution < -0.4 is 4.72 Å². The van der Waals surface area contributed by atoms with E-state index in [-0.39, 0.29) is 11.3 Å². The van der Waals surface area contributed by atoms with Crippen LogP contribution in [0, 0.1) is 0 Å². The van der Waals surface area contributed by atoms with E-state index in [1.165, 1.54) is 0 Å². The van der Waals surface area contributed by atoms with Crippen molar-refractivity contribution in [2.24, 2.45) is 0 Å². The van der Waals surface area contributed by atoms with Crippen molar-refractivity contribution in [1.82, 2.24) is 4.72 Å². The first-order valence-electron chi connectivity index (χ1n) is 5.82. The predicted octanol–water partition coefficient (Wildman–Crippen LogP) is 1.40. The van der Waals surface area contributed by atoms with Crippen molar-refractivity contribution in [2.75, 3.05) is 13.2 Å². The lowest BCUT2D eigenvalue weighted by atomic mass is 10.2. The number of nitrogens with one attached hydrogen (secondary N) is 1. The van der Waals surface area contributed by atoms with E-state index in [2.05, 4.69) is 20.7 Å². The van der Waals surface area contributed by atoms with Crippen molar-refractivity contribution in [2.45, 2.75) is 48.2 Å². The van der Waals surface area contributed by atoms with Gasteiger partial charge in [0, 0.05) is 24.1 Å². The van der Waals surface area contributed by atoms with Crippen LogP contribution in [0.4, 0.5) is 0 Å². The molecule has 1 saturated heterocycles. The molecule has 0 aromatic rings. The van der Waals surface area contributed by atoms with Crippen LogP contribution in [0.2, 0.25) is 0 Å². The third kappa shape index (κ3) is 2.97. The van der Waals surface area contributed by atoms with Crippen LogP contribution in [0.25, 0.3) is 0 Å². The van der Waals surface area contributed by atoms with Crippen molar-refractivity contribution >= 4 is 26.0 Å². The second kappa shape index (κ2) is 5.33. The Balaban J connectivity index is 1.96. The molecule has 0 radical (unpaired) electrons. The Kier molecular flexibility index (Phi) is 4.26. The topological polar surface area (TPSA) is 55.4 Å². The average Bonchev–Trinajstić information content (AvgIpc) is 2.65. The minimum Gasteiger partial charge on any atom is -0.381 e. The molecule has 0 bridgehead atoms. The quantitative estimate of drug-likeness (QED) is 0.802. The molecule has 1 N–H and O–H groups in total. The van der Waals surface area contributed by atoms with Gasteiger partial charge in [0.2, 0.25) is 10.0 Å². The summed E-state index contributed by atoms with van der Waals surface area (Å²) in [6.07, 6.45) is 4.33. The number of ether oxygens (including phenoxy) is 1. The number of hydrogen-bond acceptors (Lipinski definition) is 3. The molecule has 0 spiro atoms. The van der Waals surface area contributed by atoms with E-state index >= 15 is 0 Å². The van der Waals surface area contributed by atoms with E-state index in [0.717, 1.165) is 19.3 Å². The summed E-state index contributed by atoms with van der Waals surface area (Å²) in [6.45, 7) is 1.13. The summed E-state index contributed by atoms with van der Waals surface area (Å²) in [5, 5.41) is -0.262. The molecule has 1 heterocycles. The smallest absolute Gasteiger partial charge is 0.214 e. The molecule has 94 valence electrons. The minimum absolute atomic E-state index is 0.0767. The number of sulfonamides is 1. The fraction of sp³-hybridized carbons (Fsp3) is 1.00. The van der Waals surface area contributed by atoms with Gasteiger partial charge in [-0.25, -0.2) is 13.1 Å². The van der Waals surface area contributed by atoms with E-state index in [1.54, 1.807) is 0 Å². The Bertz CT molecular complexity index is 327. The van der Waals surface area contributed by atoms with Gasteiger partial charge >= 0.3 is 0 Å². The Morgan fingerprint density at radius 2 is 1.81 bits per heavy atom. The number of alkyl halides is 1. The highest BCUT2D eigenvalue weighted by molar-refractivity contribution is 9.09. The van der Waals surface area contributed by atoms with E-state index < -0.39 is 10.0 Å². The van der Waals surface area contributed by atoms with Gasteiger partial charge in [0.1, 0.15) is 0 Å². The van der Waals surface area contributed by atoms with E-state index in [0.29, 0.717) is 30.9 Å². The summed E-state index contributed by atoms with van der Waals surface area (Å²) >= 11 is 3.53. The third-order valence-corrected chi connectivity index (χ3v) is 6.43. The van der Waals surface area contributed by atoms with Gasteiger partial charge in [-0.1, -0.05) is 22.4 Å². The van der Waals surface area contributed by atoms with Gasteiger partial charge in [0.25, 0.3) is 0 Å². The highest BCUT2D eigenvalue weighted by Crippen LogP contribution is 2.27. The van der Waals surface area contributed by atoms with Crippen LogP contribution >= 0.6 is 15.9 Å². The summed E-state index contributed by atoms with van der Waals surface area (Å²) < 4.78 is 32.2. The highest BCUT2D eigenvalue weighted by atomic mass is 79.9. The zero-order valence-electron chi connectivity index (χ0n) is 9.19. The van der Waals surface area contributed by atoms with Gasteiger partial charge in [-0.3, -0.25) is 0 Å². The van der Waals surface area contributed by atoms with E-state index in [9.17, 15) is 8.42 Å². The van der Waals surface area contributed by atoms with Gasteiger partial charge in [-0.15, -0.1) is 0 Å². The van der Waals surface area contributed by atoms with Crippen LogP contribution in [0.5, 0.6) is 0 Å². The summed E-state index contributed by atoms with van der Waals surface area (Å²) in [6, 6.07) is 0.0767. The molecular weight excluding hydrogens is 294 g/mol. The molecule has 1 aliphatic heterocycles. The summed E-state index contributed by atoms with van der Waals surface area (Å²) in [4.78, 5) is 0.294. The number of rotatable bonds is 3. The van der Waals surface area contributed by atoms with Crippen molar-refractivity contribution in [1.29, 1.82) is 0 Å². The second-order valence-electron chi connectivity index (χ2n) is 4.53. The molecule has 1 aliphatic carbocycles.